The molecule has 0 bridgehead atoms. The van der Waals surface area contributed by atoms with E-state index in [0.717, 1.165) is 29.3 Å². The number of alkyl halides is 3. The van der Waals surface area contributed by atoms with Crippen LogP contribution in [0.25, 0.3) is 11.6 Å². The Morgan fingerprint density at radius 3 is 2.54 bits per heavy atom. The van der Waals surface area contributed by atoms with Gasteiger partial charge in [-0.15, -0.1) is 0 Å². The van der Waals surface area contributed by atoms with Crippen molar-refractivity contribution < 1.29 is 37.7 Å². The van der Waals surface area contributed by atoms with Gasteiger partial charge in [-0.3, -0.25) is 24.4 Å². The first-order valence-electron chi connectivity index (χ1n) is 17.9. The molecule has 3 unspecified atom stereocenters. The number of allylic oxidation sites excluding steroid dienone is 2. The average molecular weight is 765 g/mol. The number of aliphatic carboxylic acids is 1. The molecular weight excluding hydrogens is 721 g/mol. The number of carboxylic acids is 1. The van der Waals surface area contributed by atoms with Crippen molar-refractivity contribution in [2.75, 3.05) is 33.3 Å². The number of amides is 1. The molecule has 1 amide bonds. The fraction of sp³-hybridized carbons (Fsp3) is 0.390. The zero-order valence-electron chi connectivity index (χ0n) is 30.4. The topological polar surface area (TPSA) is 115 Å². The van der Waals surface area contributed by atoms with Gasteiger partial charge >= 0.3 is 12.1 Å². The maximum Gasteiger partial charge on any atom is 0.417 e. The summed E-state index contributed by atoms with van der Waals surface area (Å²) >= 11 is 6.62. The zero-order valence-corrected chi connectivity index (χ0v) is 31.1. The van der Waals surface area contributed by atoms with E-state index in [-0.39, 0.29) is 41.8 Å². The van der Waals surface area contributed by atoms with E-state index in [2.05, 4.69) is 15.2 Å². The van der Waals surface area contributed by atoms with Crippen LogP contribution in [0.2, 0.25) is 5.02 Å². The second-order valence-electron chi connectivity index (χ2n) is 14.7. The largest absolute Gasteiger partial charge is 0.496 e. The standard InChI is InChI=1S/C41H44ClF3N4O5/c1-26-31(32-7-4-5-9-34(32)42)8-6-14-40(26,47-37(51)35-11-10-27(21-46-35)22-48-17-13-30(50)24-48)15-12-28-20-36(54-3)29(19-33(28)41(43,44)45)23-49-18-16-39(2,25-49)38(52)53/h4-12,14-15,19-21,26,30,50H,13,16-18,22-25H2,1-3H3,(H,47,51)(H,52,53)/b15-12+/t26?,30-,39?,40?/m1/s1. The van der Waals surface area contributed by atoms with Crippen molar-refractivity contribution in [1.82, 2.24) is 20.1 Å². The third-order valence-corrected chi connectivity index (χ3v) is 11.1. The Morgan fingerprint density at radius 1 is 1.13 bits per heavy atom. The molecule has 0 spiro atoms. The minimum atomic E-state index is -4.74. The number of aliphatic hydroxyl groups excluding tert-OH is 1. The summed E-state index contributed by atoms with van der Waals surface area (Å²) in [6.45, 7) is 6.11. The minimum Gasteiger partial charge on any atom is -0.496 e. The van der Waals surface area contributed by atoms with Crippen molar-refractivity contribution in [3.8, 4) is 5.75 Å². The molecule has 3 aromatic rings. The molecule has 6 rings (SSSR count). The molecule has 2 fully saturated rings. The van der Waals surface area contributed by atoms with Gasteiger partial charge in [-0.2, -0.15) is 13.2 Å². The lowest BCUT2D eigenvalue weighted by Gasteiger charge is -2.39. The van der Waals surface area contributed by atoms with E-state index in [1.165, 1.54) is 19.3 Å². The molecule has 13 heteroatoms. The number of β-amino-alcohol motifs (C(OH)–C–C–N with tert-alkyl or cyclic N) is 1. The Balaban J connectivity index is 1.34. The number of carboxylic acid groups (broad SMARTS) is 1. The maximum absolute atomic E-state index is 14.8. The average Bonchev–Trinajstić information content (AvgIpc) is 3.73. The van der Waals surface area contributed by atoms with Crippen molar-refractivity contribution in [3.05, 3.63) is 118 Å². The number of likely N-dealkylation sites (tertiary alicyclic amines) is 2. The molecule has 9 nitrogen and oxygen atoms in total. The number of nitrogens with one attached hydrogen (secondary N) is 1. The molecule has 2 saturated heterocycles. The molecule has 0 radical (unpaired) electrons. The highest BCUT2D eigenvalue weighted by Crippen LogP contribution is 2.42. The Bertz CT molecular complexity index is 1980. The van der Waals surface area contributed by atoms with Crippen LogP contribution in [0.5, 0.6) is 5.75 Å². The van der Waals surface area contributed by atoms with Crippen LogP contribution in [-0.4, -0.2) is 81.8 Å². The molecule has 1 aliphatic carbocycles. The van der Waals surface area contributed by atoms with E-state index >= 15 is 0 Å². The Labute approximate surface area is 317 Å². The number of hydrogen-bond donors (Lipinski definition) is 3. The van der Waals surface area contributed by atoms with Gasteiger partial charge in [0.1, 0.15) is 11.4 Å². The highest BCUT2D eigenvalue weighted by Gasteiger charge is 2.42. The van der Waals surface area contributed by atoms with Crippen molar-refractivity contribution in [2.45, 2.75) is 57.6 Å². The van der Waals surface area contributed by atoms with Gasteiger partial charge in [0.15, 0.2) is 0 Å². The predicted molar refractivity (Wildman–Crippen MR) is 201 cm³/mol. The second kappa shape index (κ2) is 15.7. The van der Waals surface area contributed by atoms with Crippen LogP contribution < -0.4 is 10.1 Å². The first kappa shape index (κ1) is 39.2. The molecule has 0 saturated carbocycles. The number of hydrogen-bond acceptors (Lipinski definition) is 7. The molecule has 2 aliphatic heterocycles. The zero-order chi connectivity index (χ0) is 38.8. The Kier molecular flexibility index (Phi) is 11.4. The van der Waals surface area contributed by atoms with Gasteiger partial charge in [-0.05, 0) is 72.8 Å². The van der Waals surface area contributed by atoms with Gasteiger partial charge in [0.25, 0.3) is 5.91 Å². The molecule has 3 N–H and O–H groups in total. The summed E-state index contributed by atoms with van der Waals surface area (Å²) in [4.78, 5) is 34.1. The number of ether oxygens (including phenoxy) is 1. The van der Waals surface area contributed by atoms with Crippen LogP contribution in [0, 0.1) is 11.3 Å². The van der Waals surface area contributed by atoms with Crippen LogP contribution in [-0.2, 0) is 24.1 Å². The summed E-state index contributed by atoms with van der Waals surface area (Å²) < 4.78 is 50.0. The summed E-state index contributed by atoms with van der Waals surface area (Å²) in [6.07, 6.45) is 5.87. The molecule has 286 valence electrons. The van der Waals surface area contributed by atoms with E-state index in [9.17, 15) is 33.0 Å². The minimum absolute atomic E-state index is 0.0800. The van der Waals surface area contributed by atoms with Crippen molar-refractivity contribution >= 4 is 35.1 Å². The van der Waals surface area contributed by atoms with Gasteiger partial charge in [0.2, 0.25) is 0 Å². The second-order valence-corrected chi connectivity index (χ2v) is 15.1. The monoisotopic (exact) mass is 764 g/mol. The van der Waals surface area contributed by atoms with Crippen LogP contribution in [0.4, 0.5) is 13.2 Å². The number of methoxy groups -OCH3 is 1. The van der Waals surface area contributed by atoms with Gasteiger partial charge in [0.05, 0.1) is 29.7 Å². The smallest absolute Gasteiger partial charge is 0.417 e. The normalized spacial score (nSPS) is 24.9. The van der Waals surface area contributed by atoms with Gasteiger partial charge < -0.3 is 20.3 Å². The van der Waals surface area contributed by atoms with E-state index in [1.807, 2.05) is 30.0 Å². The molecular formula is C41H44ClF3N4O5. The summed E-state index contributed by atoms with van der Waals surface area (Å²) in [5.74, 6) is -1.75. The van der Waals surface area contributed by atoms with Crippen LogP contribution in [0.15, 0.2) is 79.0 Å². The van der Waals surface area contributed by atoms with Crippen LogP contribution in [0.1, 0.15) is 65.0 Å². The predicted octanol–water partition coefficient (Wildman–Crippen LogP) is 7.10. The first-order chi connectivity index (χ1) is 25.6. The van der Waals surface area contributed by atoms with E-state index in [1.54, 1.807) is 55.6 Å². The number of carbonyl (C=O) groups is 2. The van der Waals surface area contributed by atoms with Gasteiger partial charge in [0, 0.05) is 55.4 Å². The Morgan fingerprint density at radius 2 is 1.91 bits per heavy atom. The molecule has 3 heterocycles. The van der Waals surface area contributed by atoms with E-state index in [0.29, 0.717) is 37.5 Å². The first-order valence-corrected chi connectivity index (χ1v) is 18.2. The number of pyridine rings is 1. The SMILES string of the molecule is COc1cc(/C=C/C2(NC(=O)c3ccc(CN4CC[C@@H](O)C4)cn3)C=CC=C(c3ccccc3Cl)C2C)c(C(F)(F)F)cc1CN1CCC(C)(C(=O)O)C1. The summed E-state index contributed by atoms with van der Waals surface area (Å²) in [6, 6.07) is 13.0. The number of aromatic nitrogens is 1. The Hall–Kier alpha value is -4.49. The lowest BCUT2D eigenvalue weighted by molar-refractivity contribution is -0.147. The summed E-state index contributed by atoms with van der Waals surface area (Å²) in [5, 5.41) is 23.1. The van der Waals surface area contributed by atoms with Crippen LogP contribution in [0.3, 0.4) is 0 Å². The fourth-order valence-electron chi connectivity index (χ4n) is 7.57. The van der Waals surface area contributed by atoms with Gasteiger partial charge in [-0.1, -0.05) is 73.2 Å². The highest BCUT2D eigenvalue weighted by molar-refractivity contribution is 6.32. The molecule has 3 aliphatic rings. The van der Waals surface area contributed by atoms with Gasteiger partial charge in [-0.25, -0.2) is 0 Å². The number of nitrogens with zero attached hydrogens (tertiary/aromatic N) is 3. The highest BCUT2D eigenvalue weighted by atomic mass is 35.5. The molecule has 54 heavy (non-hydrogen) atoms. The molecule has 2 aromatic carbocycles. The third-order valence-electron chi connectivity index (χ3n) is 10.8. The lowest BCUT2D eigenvalue weighted by atomic mass is 9.74. The third kappa shape index (κ3) is 8.42. The lowest BCUT2D eigenvalue weighted by Crippen LogP contribution is -2.51. The van der Waals surface area contributed by atoms with Crippen molar-refractivity contribution in [3.63, 3.8) is 0 Å². The van der Waals surface area contributed by atoms with Crippen molar-refractivity contribution in [1.29, 1.82) is 0 Å². The van der Waals surface area contributed by atoms with E-state index < -0.39 is 40.5 Å². The number of halogens is 4. The number of rotatable bonds is 11. The molecule has 1 aromatic heterocycles. The number of carbonyl (C=O) groups excluding carboxylic acids is 1. The summed E-state index contributed by atoms with van der Waals surface area (Å²) in [7, 11) is 1.38. The maximum atomic E-state index is 14.8. The number of benzene rings is 2. The fourth-order valence-corrected chi connectivity index (χ4v) is 7.81. The quantitative estimate of drug-likeness (QED) is 0.190. The van der Waals surface area contributed by atoms with Crippen LogP contribution >= 0.6 is 11.6 Å². The number of aliphatic hydroxyl groups is 1. The van der Waals surface area contributed by atoms with Crippen molar-refractivity contribution in [2.24, 2.45) is 11.3 Å². The molecule has 4 atom stereocenters. The summed E-state index contributed by atoms with van der Waals surface area (Å²) in [5.41, 5.74) is -0.590. The van der Waals surface area contributed by atoms with E-state index in [4.69, 9.17) is 16.3 Å².